The Bertz CT molecular complexity index is 707. The van der Waals surface area contributed by atoms with Crippen LogP contribution >= 0.6 is 23.4 Å². The molecule has 1 aromatic carbocycles. The maximum Gasteiger partial charge on any atom is 0.279 e. The van der Waals surface area contributed by atoms with Crippen molar-refractivity contribution in [3.63, 3.8) is 0 Å². The Morgan fingerprint density at radius 1 is 1.11 bits per heavy atom. The third-order valence-electron chi connectivity index (χ3n) is 3.31. The minimum atomic E-state index is -0.0742. The van der Waals surface area contributed by atoms with Crippen LogP contribution in [-0.4, -0.2) is 52.8 Å². The van der Waals surface area contributed by atoms with E-state index in [-0.39, 0.29) is 10.5 Å². The number of ether oxygens (including phenoxy) is 1. The molecule has 0 unspecified atom stereocenters. The average molecular weight is 411 g/mol. The summed E-state index contributed by atoms with van der Waals surface area (Å²) in [5.74, 6) is 1.34. The van der Waals surface area contributed by atoms with Gasteiger partial charge in [-0.1, -0.05) is 42.1 Å². The van der Waals surface area contributed by atoms with Crippen molar-refractivity contribution in [2.75, 3.05) is 43.2 Å². The van der Waals surface area contributed by atoms with Gasteiger partial charge in [-0.25, -0.2) is 0 Å². The molecule has 1 amide bonds. The molecule has 1 heterocycles. The van der Waals surface area contributed by atoms with Crippen molar-refractivity contribution in [2.24, 2.45) is 0 Å². The lowest BCUT2D eigenvalue weighted by Gasteiger charge is -2.08. The molecule has 0 aliphatic heterocycles. The molecular weight excluding hydrogens is 388 g/mol. The lowest BCUT2D eigenvalue weighted by atomic mass is 10.2. The molecular formula is C17H23ClN6O2S. The molecule has 0 aliphatic carbocycles. The summed E-state index contributed by atoms with van der Waals surface area (Å²) in [4.78, 5) is 24.1. The van der Waals surface area contributed by atoms with Gasteiger partial charge in [0.05, 0.1) is 0 Å². The zero-order valence-electron chi connectivity index (χ0n) is 15.1. The number of aromatic nitrogens is 3. The highest BCUT2D eigenvalue weighted by Gasteiger charge is 2.06. The third kappa shape index (κ3) is 8.89. The largest absolute Gasteiger partial charge is 0.385 e. The van der Waals surface area contributed by atoms with Crippen LogP contribution in [0, 0.1) is 0 Å². The molecule has 0 bridgehead atoms. The van der Waals surface area contributed by atoms with E-state index < -0.39 is 0 Å². The van der Waals surface area contributed by atoms with E-state index in [0.717, 1.165) is 12.0 Å². The zero-order valence-corrected chi connectivity index (χ0v) is 16.6. The van der Waals surface area contributed by atoms with Crippen LogP contribution in [0.15, 0.2) is 30.3 Å². The van der Waals surface area contributed by atoms with E-state index in [2.05, 4.69) is 30.9 Å². The van der Waals surface area contributed by atoms with Crippen LogP contribution in [0.1, 0.15) is 12.0 Å². The Morgan fingerprint density at radius 3 is 2.52 bits per heavy atom. The first kappa shape index (κ1) is 21.2. The minimum Gasteiger partial charge on any atom is -0.385 e. The number of benzene rings is 1. The lowest BCUT2D eigenvalue weighted by molar-refractivity contribution is 0.197. The number of nitrogens with zero attached hydrogens (tertiary/aromatic N) is 3. The predicted molar refractivity (Wildman–Crippen MR) is 109 cm³/mol. The van der Waals surface area contributed by atoms with Crippen LogP contribution in [0.3, 0.4) is 0 Å². The number of amides is 1. The number of hydrogen-bond acceptors (Lipinski definition) is 8. The third-order valence-corrected chi connectivity index (χ3v) is 4.30. The van der Waals surface area contributed by atoms with Gasteiger partial charge in [0, 0.05) is 39.1 Å². The molecule has 0 radical (unpaired) electrons. The number of nitrogens with one attached hydrogen (secondary N) is 3. The molecule has 3 N–H and O–H groups in total. The Balaban J connectivity index is 1.66. The van der Waals surface area contributed by atoms with Crippen molar-refractivity contribution in [3.8, 4) is 0 Å². The molecule has 0 aliphatic rings. The van der Waals surface area contributed by atoms with E-state index in [1.165, 1.54) is 11.8 Å². The second kappa shape index (κ2) is 12.3. The molecule has 27 heavy (non-hydrogen) atoms. The fraction of sp³-hybridized carbons (Fsp3) is 0.412. The Morgan fingerprint density at radius 2 is 1.81 bits per heavy atom. The van der Waals surface area contributed by atoms with Crippen LogP contribution in [0.5, 0.6) is 0 Å². The van der Waals surface area contributed by atoms with Crippen molar-refractivity contribution in [3.05, 3.63) is 41.2 Å². The van der Waals surface area contributed by atoms with E-state index >= 15 is 0 Å². The van der Waals surface area contributed by atoms with Gasteiger partial charge in [-0.05, 0) is 23.6 Å². The van der Waals surface area contributed by atoms with Gasteiger partial charge in [-0.3, -0.25) is 4.79 Å². The van der Waals surface area contributed by atoms with Crippen LogP contribution in [0.25, 0.3) is 0 Å². The summed E-state index contributed by atoms with van der Waals surface area (Å²) in [6.45, 7) is 2.36. The van der Waals surface area contributed by atoms with Crippen molar-refractivity contribution in [1.82, 2.24) is 20.3 Å². The van der Waals surface area contributed by atoms with E-state index in [4.69, 9.17) is 16.3 Å². The van der Waals surface area contributed by atoms with Crippen molar-refractivity contribution in [1.29, 1.82) is 0 Å². The summed E-state index contributed by atoms with van der Waals surface area (Å²) in [6.07, 6.45) is 0.831. The normalized spacial score (nSPS) is 10.4. The highest BCUT2D eigenvalue weighted by atomic mass is 35.5. The topological polar surface area (TPSA) is 101 Å². The number of carbonyl (C=O) groups excluding carboxylic acids is 1. The van der Waals surface area contributed by atoms with Gasteiger partial charge >= 0.3 is 0 Å². The van der Waals surface area contributed by atoms with Crippen LogP contribution in [0.2, 0.25) is 5.28 Å². The monoisotopic (exact) mass is 410 g/mol. The first-order valence-electron chi connectivity index (χ1n) is 8.50. The van der Waals surface area contributed by atoms with Crippen LogP contribution < -0.4 is 16.0 Å². The molecule has 1 aromatic heterocycles. The Hall–Kier alpha value is -2.10. The number of halogens is 1. The predicted octanol–water partition coefficient (Wildman–Crippen LogP) is 3.03. The summed E-state index contributed by atoms with van der Waals surface area (Å²) in [7, 11) is 1.65. The van der Waals surface area contributed by atoms with Gasteiger partial charge in [-0.15, -0.1) is 0 Å². The number of hydrogen-bond donors (Lipinski definition) is 3. The highest BCUT2D eigenvalue weighted by Crippen LogP contribution is 2.10. The maximum atomic E-state index is 11.8. The standard InChI is InChI=1S/C17H23ClN6O2S/c1-26-10-5-8-19-15-22-14(18)23-16(24-15)20-9-11-27-17(25)21-12-13-6-3-2-4-7-13/h2-4,6-7H,5,8-12H2,1H3,(H,21,25)(H2,19,20,22,23,24). The minimum absolute atomic E-state index is 0.0742. The van der Waals surface area contributed by atoms with E-state index in [0.29, 0.717) is 43.9 Å². The second-order valence-corrected chi connectivity index (χ2v) is 6.83. The molecule has 0 fully saturated rings. The maximum absolute atomic E-state index is 11.8. The van der Waals surface area contributed by atoms with Crippen LogP contribution in [-0.2, 0) is 11.3 Å². The molecule has 10 heteroatoms. The van der Waals surface area contributed by atoms with E-state index in [9.17, 15) is 4.79 Å². The summed E-state index contributed by atoms with van der Waals surface area (Å²) in [5.41, 5.74) is 1.06. The van der Waals surface area contributed by atoms with Gasteiger partial charge < -0.3 is 20.7 Å². The second-order valence-electron chi connectivity index (χ2n) is 5.43. The molecule has 2 rings (SSSR count). The molecule has 146 valence electrons. The zero-order chi connectivity index (χ0) is 19.3. The number of rotatable bonds is 11. The quantitative estimate of drug-likeness (QED) is 0.486. The number of methoxy groups -OCH3 is 1. The Labute approximate surface area is 167 Å². The van der Waals surface area contributed by atoms with Gasteiger partial charge in [0.15, 0.2) is 0 Å². The fourth-order valence-corrected chi connectivity index (χ4v) is 2.78. The lowest BCUT2D eigenvalue weighted by Crippen LogP contribution is -2.19. The summed E-state index contributed by atoms with van der Waals surface area (Å²) < 4.78 is 4.99. The first-order valence-corrected chi connectivity index (χ1v) is 9.86. The molecule has 0 saturated carbocycles. The number of anilines is 2. The summed E-state index contributed by atoms with van der Waals surface area (Å²) in [5, 5.41) is 9.01. The smallest absolute Gasteiger partial charge is 0.279 e. The SMILES string of the molecule is COCCCNc1nc(Cl)nc(NCCSC(=O)NCc2ccccc2)n1. The van der Waals surface area contributed by atoms with Gasteiger partial charge in [0.1, 0.15) is 0 Å². The van der Waals surface area contributed by atoms with Gasteiger partial charge in [0.2, 0.25) is 17.2 Å². The number of carbonyl (C=O) groups is 1. The van der Waals surface area contributed by atoms with E-state index in [1.54, 1.807) is 7.11 Å². The molecule has 8 nitrogen and oxygen atoms in total. The van der Waals surface area contributed by atoms with Crippen molar-refractivity contribution in [2.45, 2.75) is 13.0 Å². The molecule has 2 aromatic rings. The van der Waals surface area contributed by atoms with Gasteiger partial charge in [0.25, 0.3) is 5.24 Å². The molecule has 0 saturated heterocycles. The average Bonchev–Trinajstić information content (AvgIpc) is 2.67. The summed E-state index contributed by atoms with van der Waals surface area (Å²) >= 11 is 7.11. The van der Waals surface area contributed by atoms with Gasteiger partial charge in [-0.2, -0.15) is 15.0 Å². The van der Waals surface area contributed by atoms with Crippen molar-refractivity contribution < 1.29 is 9.53 Å². The van der Waals surface area contributed by atoms with E-state index in [1.807, 2.05) is 30.3 Å². The van der Waals surface area contributed by atoms with Crippen LogP contribution in [0.4, 0.5) is 16.7 Å². The first-order chi connectivity index (χ1) is 13.2. The fourth-order valence-electron chi connectivity index (χ4n) is 2.05. The highest BCUT2D eigenvalue weighted by molar-refractivity contribution is 8.13. The number of thioether (sulfide) groups is 1. The molecule has 0 atom stereocenters. The molecule has 0 spiro atoms. The summed E-state index contributed by atoms with van der Waals surface area (Å²) in [6, 6.07) is 9.77. The Kier molecular flexibility index (Phi) is 9.67. The van der Waals surface area contributed by atoms with Crippen molar-refractivity contribution >= 4 is 40.5 Å².